The number of aryl methyl sites for hydroxylation is 1. The molecule has 2 rings (SSSR count). The van der Waals surface area contributed by atoms with Gasteiger partial charge in [-0.25, -0.2) is 4.98 Å². The number of thiazole rings is 1. The van der Waals surface area contributed by atoms with E-state index in [4.69, 9.17) is 5.73 Å². The van der Waals surface area contributed by atoms with Gasteiger partial charge in [0.05, 0.1) is 5.69 Å². The van der Waals surface area contributed by atoms with Gasteiger partial charge in [-0.1, -0.05) is 0 Å². The van der Waals surface area contributed by atoms with Crippen molar-refractivity contribution in [1.29, 1.82) is 0 Å². The summed E-state index contributed by atoms with van der Waals surface area (Å²) in [7, 11) is 0. The zero-order valence-corrected chi connectivity index (χ0v) is 9.78. The summed E-state index contributed by atoms with van der Waals surface area (Å²) in [4.78, 5) is 8.63. The van der Waals surface area contributed by atoms with Gasteiger partial charge in [0.1, 0.15) is 5.01 Å². The number of nitrogens with zero attached hydrogens (tertiary/aromatic N) is 3. The zero-order chi connectivity index (χ0) is 11.2. The Morgan fingerprint density at radius 3 is 3.00 bits per heavy atom. The summed E-state index contributed by atoms with van der Waals surface area (Å²) in [6, 6.07) is 3.94. The van der Waals surface area contributed by atoms with Crippen molar-refractivity contribution in [3.63, 3.8) is 0 Å². The summed E-state index contributed by atoms with van der Waals surface area (Å²) >= 11 is 1.65. The van der Waals surface area contributed by atoms with Gasteiger partial charge in [-0.2, -0.15) is 0 Å². The molecular formula is C12H13N3S. The Kier molecular flexibility index (Phi) is 4.02. The molecule has 0 spiro atoms. The van der Waals surface area contributed by atoms with Crippen LogP contribution in [0.5, 0.6) is 0 Å². The molecule has 82 valence electrons. The van der Waals surface area contributed by atoms with E-state index in [1.54, 1.807) is 17.5 Å². The van der Waals surface area contributed by atoms with E-state index in [2.05, 4.69) is 15.3 Å². The molecule has 0 aliphatic rings. The molecule has 0 aliphatic carbocycles. The molecule has 0 aromatic carbocycles. The van der Waals surface area contributed by atoms with E-state index in [1.165, 1.54) is 0 Å². The third-order valence-electron chi connectivity index (χ3n) is 2.30. The maximum Gasteiger partial charge on any atom is 0.125 e. The van der Waals surface area contributed by atoms with Gasteiger partial charge in [-0.05, 0) is 31.4 Å². The Hall–Kier alpha value is -1.26. The second-order valence-corrected chi connectivity index (χ2v) is 4.42. The minimum atomic E-state index is 0.263. The average molecular weight is 231 g/mol. The van der Waals surface area contributed by atoms with Crippen molar-refractivity contribution in [2.45, 2.75) is 19.3 Å². The van der Waals surface area contributed by atoms with Crippen molar-refractivity contribution in [1.82, 2.24) is 15.7 Å². The number of hydrogen-bond acceptors (Lipinski definition) is 3. The van der Waals surface area contributed by atoms with Crippen LogP contribution in [0.25, 0.3) is 10.6 Å². The van der Waals surface area contributed by atoms with Gasteiger partial charge in [-0.3, -0.25) is 4.98 Å². The minimum absolute atomic E-state index is 0.263. The first-order valence-corrected chi connectivity index (χ1v) is 6.24. The molecule has 0 amide bonds. The lowest BCUT2D eigenvalue weighted by Crippen LogP contribution is -1.90. The standard InChI is InChI=1S/C12H13N3S/c13-6-2-1-5-11-9-16-12(15-11)10-4-3-7-14-8-10/h3-4,7-9H,1-2,5-6H2. The zero-order valence-electron chi connectivity index (χ0n) is 8.97. The maximum absolute atomic E-state index is 8.70. The smallest absolute Gasteiger partial charge is 0.125 e. The Morgan fingerprint density at radius 1 is 1.31 bits per heavy atom. The first-order valence-electron chi connectivity index (χ1n) is 5.36. The molecule has 2 radical (unpaired) electrons. The Balaban J connectivity index is 2.02. The Bertz CT molecular complexity index is 425. The summed E-state index contributed by atoms with van der Waals surface area (Å²) in [5.41, 5.74) is 10.9. The molecule has 2 heterocycles. The van der Waals surface area contributed by atoms with Crippen LogP contribution in [0.15, 0.2) is 29.9 Å². The summed E-state index contributed by atoms with van der Waals surface area (Å²) < 4.78 is 0. The van der Waals surface area contributed by atoms with Crippen LogP contribution in [0.1, 0.15) is 18.5 Å². The van der Waals surface area contributed by atoms with E-state index in [9.17, 15) is 0 Å². The van der Waals surface area contributed by atoms with Crippen molar-refractivity contribution < 1.29 is 0 Å². The van der Waals surface area contributed by atoms with Crippen LogP contribution in [0.3, 0.4) is 0 Å². The summed E-state index contributed by atoms with van der Waals surface area (Å²) in [5, 5.41) is 3.10. The van der Waals surface area contributed by atoms with Crippen LogP contribution in [-0.2, 0) is 6.42 Å². The molecule has 16 heavy (non-hydrogen) atoms. The van der Waals surface area contributed by atoms with Gasteiger partial charge in [0.2, 0.25) is 0 Å². The first kappa shape index (κ1) is 11.2. The van der Waals surface area contributed by atoms with Crippen molar-refractivity contribution in [3.05, 3.63) is 35.6 Å². The molecule has 0 aliphatic heterocycles. The maximum atomic E-state index is 8.70. The van der Waals surface area contributed by atoms with Crippen LogP contribution in [-0.4, -0.2) is 16.5 Å². The number of unbranched alkanes of at least 4 members (excludes halogenated alkanes) is 1. The molecule has 0 bridgehead atoms. The van der Waals surface area contributed by atoms with Gasteiger partial charge < -0.3 is 0 Å². The highest BCUT2D eigenvalue weighted by Crippen LogP contribution is 2.23. The van der Waals surface area contributed by atoms with E-state index in [1.807, 2.05) is 18.3 Å². The molecule has 0 atom stereocenters. The molecule has 2 aromatic heterocycles. The fourth-order valence-corrected chi connectivity index (χ4v) is 2.31. The monoisotopic (exact) mass is 231 g/mol. The van der Waals surface area contributed by atoms with Gasteiger partial charge in [0.25, 0.3) is 0 Å². The number of aromatic nitrogens is 2. The van der Waals surface area contributed by atoms with Gasteiger partial charge >= 0.3 is 0 Å². The second kappa shape index (κ2) is 5.72. The molecule has 3 nitrogen and oxygen atoms in total. The third kappa shape index (κ3) is 2.87. The highest BCUT2D eigenvalue weighted by atomic mass is 32.1. The van der Waals surface area contributed by atoms with Gasteiger partial charge in [-0.15, -0.1) is 17.1 Å². The molecular weight excluding hydrogens is 218 g/mol. The van der Waals surface area contributed by atoms with E-state index in [0.717, 1.165) is 35.5 Å². The second-order valence-electron chi connectivity index (χ2n) is 3.57. The number of pyridine rings is 1. The van der Waals surface area contributed by atoms with E-state index >= 15 is 0 Å². The third-order valence-corrected chi connectivity index (χ3v) is 3.24. The lowest BCUT2D eigenvalue weighted by Gasteiger charge is -1.95. The lowest BCUT2D eigenvalue weighted by atomic mass is 10.2. The molecule has 2 aromatic rings. The largest absolute Gasteiger partial charge is 0.264 e. The molecule has 4 heteroatoms. The quantitative estimate of drug-likeness (QED) is 0.743. The Labute approximate surface area is 99.4 Å². The van der Waals surface area contributed by atoms with E-state index in [-0.39, 0.29) is 6.54 Å². The molecule has 0 saturated carbocycles. The lowest BCUT2D eigenvalue weighted by molar-refractivity contribution is 0.727. The van der Waals surface area contributed by atoms with Crippen LogP contribution in [0.2, 0.25) is 0 Å². The number of hydrogen-bond donors (Lipinski definition) is 0. The van der Waals surface area contributed by atoms with E-state index < -0.39 is 0 Å². The van der Waals surface area contributed by atoms with Crippen LogP contribution in [0, 0.1) is 0 Å². The van der Waals surface area contributed by atoms with Crippen molar-refractivity contribution in [3.8, 4) is 10.6 Å². The van der Waals surface area contributed by atoms with Crippen molar-refractivity contribution in [2.75, 3.05) is 6.54 Å². The van der Waals surface area contributed by atoms with Gasteiger partial charge in [0, 0.05) is 29.9 Å². The Morgan fingerprint density at radius 2 is 2.25 bits per heavy atom. The van der Waals surface area contributed by atoms with Crippen LogP contribution >= 0.6 is 11.3 Å². The minimum Gasteiger partial charge on any atom is -0.264 e. The van der Waals surface area contributed by atoms with E-state index in [0.29, 0.717) is 0 Å². The predicted octanol–water partition coefficient (Wildman–Crippen LogP) is 2.60. The molecule has 0 fully saturated rings. The van der Waals surface area contributed by atoms with Crippen molar-refractivity contribution >= 4 is 11.3 Å². The van der Waals surface area contributed by atoms with Crippen molar-refractivity contribution in [2.24, 2.45) is 0 Å². The average Bonchev–Trinajstić information content (AvgIpc) is 2.79. The predicted molar refractivity (Wildman–Crippen MR) is 65.3 cm³/mol. The first-order chi connectivity index (χ1) is 7.90. The highest BCUT2D eigenvalue weighted by Gasteiger charge is 2.04. The number of rotatable bonds is 5. The summed E-state index contributed by atoms with van der Waals surface area (Å²) in [6.07, 6.45) is 6.37. The highest BCUT2D eigenvalue weighted by molar-refractivity contribution is 7.13. The normalized spacial score (nSPS) is 10.6. The molecule has 0 unspecified atom stereocenters. The van der Waals surface area contributed by atoms with Gasteiger partial charge in [0.15, 0.2) is 0 Å². The topological polar surface area (TPSA) is 48.1 Å². The fraction of sp³-hybridized carbons (Fsp3) is 0.333. The molecule has 0 saturated heterocycles. The molecule has 0 N–H and O–H groups in total. The SMILES string of the molecule is [N]CCCCc1csc(-c2cccnc2)n1. The summed E-state index contributed by atoms with van der Waals surface area (Å²) in [6.45, 7) is 0.263. The fourth-order valence-electron chi connectivity index (χ4n) is 1.46. The van der Waals surface area contributed by atoms with Crippen LogP contribution < -0.4 is 5.73 Å². The van der Waals surface area contributed by atoms with Crippen LogP contribution in [0.4, 0.5) is 0 Å². The summed E-state index contributed by atoms with van der Waals surface area (Å²) in [5.74, 6) is 0.